The minimum Gasteiger partial charge on any atom is -0.309 e. The fourth-order valence-electron chi connectivity index (χ4n) is 8.04. The Morgan fingerprint density at radius 3 is 1.88 bits per heavy atom. The lowest BCUT2D eigenvalue weighted by Crippen LogP contribution is -2.15. The molecule has 2 aromatic heterocycles. The van der Waals surface area contributed by atoms with E-state index in [1.807, 2.05) is 18.2 Å². The first-order chi connectivity index (χ1) is 24.6. The van der Waals surface area contributed by atoms with Crippen LogP contribution in [0.25, 0.3) is 83.6 Å². The highest BCUT2D eigenvalue weighted by Gasteiger charge is 2.38. The van der Waals surface area contributed by atoms with E-state index < -0.39 is 0 Å². The predicted molar refractivity (Wildman–Crippen MR) is 206 cm³/mol. The van der Waals surface area contributed by atoms with E-state index in [2.05, 4.69) is 158 Å². The molecule has 0 saturated carbocycles. The van der Waals surface area contributed by atoms with Crippen LogP contribution < -0.4 is 0 Å². The van der Waals surface area contributed by atoms with Crippen molar-refractivity contribution >= 4 is 32.6 Å². The Balaban J connectivity index is 1.28. The summed E-state index contributed by atoms with van der Waals surface area (Å²) in [5.41, 5.74) is 11.2. The molecule has 2 heterocycles. The Morgan fingerprint density at radius 1 is 0.440 bits per heavy atom. The highest BCUT2D eigenvalue weighted by molar-refractivity contribution is 6.10. The summed E-state index contributed by atoms with van der Waals surface area (Å²) in [6.45, 7) is 4.65. The molecule has 7 aromatic carbocycles. The SMILES string of the molecule is CC1(C)c2ccccc2-c2c1cc1ccccc1c2-c1nc(-c2ccccc2)nc(-c2ccc3c4ccccc4n(-c4ccccc4)c3c2)n1. The molecule has 0 unspecified atom stereocenters. The zero-order valence-corrected chi connectivity index (χ0v) is 27.8. The molecule has 236 valence electrons. The van der Waals surface area contributed by atoms with E-state index in [-0.39, 0.29) is 5.41 Å². The van der Waals surface area contributed by atoms with E-state index in [0.29, 0.717) is 17.5 Å². The molecule has 0 saturated heterocycles. The predicted octanol–water partition coefficient (Wildman–Crippen LogP) is 11.4. The van der Waals surface area contributed by atoms with Gasteiger partial charge in [0, 0.05) is 38.6 Å². The third-order valence-corrected chi connectivity index (χ3v) is 10.4. The normalized spacial score (nSPS) is 13.2. The molecule has 0 aliphatic heterocycles. The minimum atomic E-state index is -0.168. The van der Waals surface area contributed by atoms with Gasteiger partial charge in [-0.15, -0.1) is 0 Å². The Labute approximate surface area is 290 Å². The lowest BCUT2D eigenvalue weighted by molar-refractivity contribution is 0.661. The van der Waals surface area contributed by atoms with Gasteiger partial charge in [0.2, 0.25) is 0 Å². The second-order valence-corrected chi connectivity index (χ2v) is 13.7. The summed E-state index contributed by atoms with van der Waals surface area (Å²) in [5, 5.41) is 4.72. The number of nitrogens with zero attached hydrogens (tertiary/aromatic N) is 4. The number of hydrogen-bond acceptors (Lipinski definition) is 3. The van der Waals surface area contributed by atoms with Crippen LogP contribution in [0.4, 0.5) is 0 Å². The minimum absolute atomic E-state index is 0.168. The van der Waals surface area contributed by atoms with E-state index in [1.54, 1.807) is 0 Å². The van der Waals surface area contributed by atoms with Gasteiger partial charge in [0.15, 0.2) is 17.5 Å². The van der Waals surface area contributed by atoms with Crippen molar-refractivity contribution < 1.29 is 0 Å². The zero-order valence-electron chi connectivity index (χ0n) is 27.8. The van der Waals surface area contributed by atoms with Crippen LogP contribution in [0, 0.1) is 0 Å². The van der Waals surface area contributed by atoms with Crippen LogP contribution in [0.2, 0.25) is 0 Å². The van der Waals surface area contributed by atoms with Gasteiger partial charge in [-0.2, -0.15) is 0 Å². The van der Waals surface area contributed by atoms with Crippen molar-refractivity contribution in [2.75, 3.05) is 0 Å². The van der Waals surface area contributed by atoms with Crippen molar-refractivity contribution in [2.24, 2.45) is 0 Å². The number of rotatable bonds is 4. The largest absolute Gasteiger partial charge is 0.309 e. The Kier molecular flexibility index (Phi) is 6.19. The maximum atomic E-state index is 5.38. The monoisotopic (exact) mass is 640 g/mol. The van der Waals surface area contributed by atoms with Gasteiger partial charge < -0.3 is 4.57 Å². The highest BCUT2D eigenvalue weighted by atomic mass is 15.0. The molecule has 0 atom stereocenters. The molecule has 0 spiro atoms. The molecule has 1 aliphatic rings. The Bertz CT molecular complexity index is 2780. The number of benzene rings is 7. The molecule has 4 heteroatoms. The second-order valence-electron chi connectivity index (χ2n) is 13.7. The van der Waals surface area contributed by atoms with Gasteiger partial charge in [0.1, 0.15) is 0 Å². The molecule has 0 amide bonds. The van der Waals surface area contributed by atoms with Crippen LogP contribution in [0.3, 0.4) is 0 Å². The maximum absolute atomic E-state index is 5.38. The average molecular weight is 641 g/mol. The van der Waals surface area contributed by atoms with Crippen molar-refractivity contribution in [1.82, 2.24) is 19.5 Å². The third-order valence-electron chi connectivity index (χ3n) is 10.4. The third kappa shape index (κ3) is 4.21. The topological polar surface area (TPSA) is 43.6 Å². The molecule has 10 rings (SSSR count). The van der Waals surface area contributed by atoms with Crippen LogP contribution in [-0.2, 0) is 5.41 Å². The van der Waals surface area contributed by atoms with Crippen molar-refractivity contribution in [3.63, 3.8) is 0 Å². The van der Waals surface area contributed by atoms with Crippen LogP contribution in [0.1, 0.15) is 25.0 Å². The number of para-hydroxylation sites is 2. The number of fused-ring (bicyclic) bond motifs is 7. The first kappa shape index (κ1) is 28.6. The fraction of sp³-hybridized carbons (Fsp3) is 0.0652. The molecule has 1 aliphatic carbocycles. The average Bonchev–Trinajstić information content (AvgIpc) is 3.62. The summed E-state index contributed by atoms with van der Waals surface area (Å²) in [6, 6.07) is 55.8. The van der Waals surface area contributed by atoms with Gasteiger partial charge in [0.25, 0.3) is 0 Å². The van der Waals surface area contributed by atoms with E-state index in [9.17, 15) is 0 Å². The first-order valence-corrected chi connectivity index (χ1v) is 17.1. The molecule has 9 aromatic rings. The van der Waals surface area contributed by atoms with Crippen molar-refractivity contribution in [1.29, 1.82) is 0 Å². The summed E-state index contributed by atoms with van der Waals surface area (Å²) in [4.78, 5) is 15.8. The van der Waals surface area contributed by atoms with Gasteiger partial charge in [-0.1, -0.05) is 141 Å². The molecule has 0 N–H and O–H groups in total. The molecule has 0 fully saturated rings. The van der Waals surface area contributed by atoms with Gasteiger partial charge in [-0.3, -0.25) is 0 Å². The van der Waals surface area contributed by atoms with E-state index >= 15 is 0 Å². The van der Waals surface area contributed by atoms with Gasteiger partial charge >= 0.3 is 0 Å². The zero-order chi connectivity index (χ0) is 33.4. The molecule has 4 nitrogen and oxygen atoms in total. The summed E-state index contributed by atoms with van der Waals surface area (Å²) in [5.74, 6) is 1.98. The standard InChI is InChI=1S/C46H32N4/c1-46(2)37-23-13-11-22-36(37)41-38(46)27-30-17-9-10-20-33(30)42(41)45-48-43(29-15-5-3-6-16-29)47-44(49-45)31-25-26-35-34-21-12-14-24-39(34)50(40(35)28-31)32-18-7-4-8-19-32/h3-28H,1-2H3. The molecule has 0 bridgehead atoms. The molecular formula is C46H32N4. The van der Waals surface area contributed by atoms with Crippen LogP contribution in [-0.4, -0.2) is 19.5 Å². The van der Waals surface area contributed by atoms with Gasteiger partial charge in [-0.25, -0.2) is 15.0 Å². The Morgan fingerprint density at radius 2 is 1.06 bits per heavy atom. The van der Waals surface area contributed by atoms with E-state index in [0.717, 1.165) is 33.3 Å². The van der Waals surface area contributed by atoms with Crippen molar-refractivity contribution in [3.05, 3.63) is 169 Å². The summed E-state index contributed by atoms with van der Waals surface area (Å²) in [7, 11) is 0. The van der Waals surface area contributed by atoms with Crippen LogP contribution in [0.15, 0.2) is 158 Å². The fourth-order valence-corrected chi connectivity index (χ4v) is 8.04. The van der Waals surface area contributed by atoms with E-state index in [1.165, 1.54) is 43.9 Å². The van der Waals surface area contributed by atoms with Crippen molar-refractivity contribution in [2.45, 2.75) is 19.3 Å². The summed E-state index contributed by atoms with van der Waals surface area (Å²) in [6.07, 6.45) is 0. The Hall–Kier alpha value is -6.39. The summed E-state index contributed by atoms with van der Waals surface area (Å²) < 4.78 is 2.34. The van der Waals surface area contributed by atoms with Crippen LogP contribution >= 0.6 is 0 Å². The highest BCUT2D eigenvalue weighted by Crippen LogP contribution is 2.54. The summed E-state index contributed by atoms with van der Waals surface area (Å²) >= 11 is 0. The number of hydrogen-bond donors (Lipinski definition) is 0. The molecular weight excluding hydrogens is 609 g/mol. The smallest absolute Gasteiger partial charge is 0.165 e. The molecule has 0 radical (unpaired) electrons. The van der Waals surface area contributed by atoms with Gasteiger partial charge in [0.05, 0.1) is 11.0 Å². The molecule has 50 heavy (non-hydrogen) atoms. The van der Waals surface area contributed by atoms with E-state index in [4.69, 9.17) is 15.0 Å². The first-order valence-electron chi connectivity index (χ1n) is 17.1. The lowest BCUT2D eigenvalue weighted by Gasteiger charge is -2.22. The number of aromatic nitrogens is 4. The van der Waals surface area contributed by atoms with Crippen LogP contribution in [0.5, 0.6) is 0 Å². The van der Waals surface area contributed by atoms with Gasteiger partial charge in [-0.05, 0) is 63.4 Å². The quantitative estimate of drug-likeness (QED) is 0.192. The maximum Gasteiger partial charge on any atom is 0.165 e. The van der Waals surface area contributed by atoms with Crippen molar-refractivity contribution in [3.8, 4) is 51.0 Å². The second kappa shape index (κ2) is 10.8. The lowest BCUT2D eigenvalue weighted by atomic mass is 9.81.